The Kier molecular flexibility index (Phi) is 5.11. The molecule has 5 N–H and O–H groups in total. The first-order valence-electron chi connectivity index (χ1n) is 8.36. The Morgan fingerprint density at radius 1 is 1.33 bits per heavy atom. The third-order valence-corrected chi connectivity index (χ3v) is 5.84. The molecule has 0 saturated heterocycles. The molecule has 0 radical (unpaired) electrons. The maximum atomic E-state index is 12.4. The summed E-state index contributed by atoms with van der Waals surface area (Å²) in [6.07, 6.45) is 3.35. The van der Waals surface area contributed by atoms with Gasteiger partial charge in [-0.25, -0.2) is 4.57 Å². The quantitative estimate of drug-likeness (QED) is 0.458. The number of benzene rings is 2. The third-order valence-electron chi connectivity index (χ3n) is 4.46. The highest BCUT2D eigenvalue weighted by molar-refractivity contribution is 7.61. The van der Waals surface area contributed by atoms with Crippen molar-refractivity contribution >= 4 is 36.3 Å². The van der Waals surface area contributed by atoms with Crippen LogP contribution in [-0.4, -0.2) is 23.0 Å². The van der Waals surface area contributed by atoms with Crippen molar-refractivity contribution in [2.24, 2.45) is 0 Å². The molecule has 1 aliphatic carbocycles. The van der Waals surface area contributed by atoms with Gasteiger partial charge in [-0.05, 0) is 47.9 Å². The first kappa shape index (κ1) is 19.2. The van der Waals surface area contributed by atoms with Crippen LogP contribution in [0.25, 0.3) is 6.08 Å². The lowest BCUT2D eigenvalue weighted by molar-refractivity contribution is -0.140. The van der Waals surface area contributed by atoms with Gasteiger partial charge in [0.15, 0.2) is 0 Å². The molecule has 2 unspecified atom stereocenters. The SMILES string of the molecule is CNc1ccc2c(c1)C(O)(CC(=O)OP(=O)(O)c1cccc(N)c1)CC=C2. The number of rotatable bonds is 5. The summed E-state index contributed by atoms with van der Waals surface area (Å²) in [5.74, 6) is -0.970. The summed E-state index contributed by atoms with van der Waals surface area (Å²) in [5.41, 5.74) is 6.48. The minimum atomic E-state index is -4.40. The lowest BCUT2D eigenvalue weighted by Gasteiger charge is -2.31. The maximum absolute atomic E-state index is 12.4. The van der Waals surface area contributed by atoms with E-state index in [-0.39, 0.29) is 17.4 Å². The summed E-state index contributed by atoms with van der Waals surface area (Å²) in [5, 5.41) is 14.0. The molecule has 0 amide bonds. The van der Waals surface area contributed by atoms with Gasteiger partial charge in [0.1, 0.15) is 5.60 Å². The largest absolute Gasteiger partial charge is 0.410 e. The van der Waals surface area contributed by atoms with Gasteiger partial charge in [0.2, 0.25) is 0 Å². The second kappa shape index (κ2) is 7.19. The average Bonchev–Trinajstić information content (AvgIpc) is 2.61. The average molecular weight is 388 g/mol. The van der Waals surface area contributed by atoms with Crippen LogP contribution >= 0.6 is 7.60 Å². The van der Waals surface area contributed by atoms with E-state index < -0.39 is 25.6 Å². The van der Waals surface area contributed by atoms with E-state index in [4.69, 9.17) is 10.3 Å². The number of fused-ring (bicyclic) bond motifs is 1. The van der Waals surface area contributed by atoms with E-state index in [9.17, 15) is 19.4 Å². The van der Waals surface area contributed by atoms with Gasteiger partial charge in [0.25, 0.3) is 0 Å². The number of anilines is 2. The van der Waals surface area contributed by atoms with Gasteiger partial charge in [-0.1, -0.05) is 24.3 Å². The molecular weight excluding hydrogens is 367 g/mol. The lowest BCUT2D eigenvalue weighted by atomic mass is 9.80. The Bertz CT molecular complexity index is 959. The van der Waals surface area contributed by atoms with Crippen molar-refractivity contribution in [1.29, 1.82) is 0 Å². The highest BCUT2D eigenvalue weighted by Crippen LogP contribution is 2.44. The van der Waals surface area contributed by atoms with Gasteiger partial charge < -0.3 is 25.6 Å². The van der Waals surface area contributed by atoms with Gasteiger partial charge in [0.05, 0.1) is 11.7 Å². The molecule has 0 heterocycles. The fourth-order valence-corrected chi connectivity index (χ4v) is 4.11. The van der Waals surface area contributed by atoms with E-state index >= 15 is 0 Å². The van der Waals surface area contributed by atoms with Crippen molar-refractivity contribution in [3.05, 3.63) is 59.7 Å². The monoisotopic (exact) mass is 388 g/mol. The zero-order valence-electron chi connectivity index (χ0n) is 14.8. The predicted molar refractivity (Wildman–Crippen MR) is 105 cm³/mol. The second-order valence-electron chi connectivity index (χ2n) is 6.45. The lowest BCUT2D eigenvalue weighted by Crippen LogP contribution is -2.32. The molecule has 7 nitrogen and oxygen atoms in total. The molecule has 8 heteroatoms. The zero-order chi connectivity index (χ0) is 19.7. The van der Waals surface area contributed by atoms with Crippen molar-refractivity contribution in [2.75, 3.05) is 18.1 Å². The third kappa shape index (κ3) is 4.06. The molecule has 0 aromatic heterocycles. The molecular formula is C19H21N2O5P. The van der Waals surface area contributed by atoms with E-state index in [0.717, 1.165) is 11.3 Å². The normalized spacial score (nSPS) is 20.4. The molecule has 142 valence electrons. The maximum Gasteiger partial charge on any atom is 0.410 e. The summed E-state index contributed by atoms with van der Waals surface area (Å²) in [7, 11) is -2.64. The topological polar surface area (TPSA) is 122 Å². The smallest absolute Gasteiger partial charge is 0.399 e. The number of nitrogens with one attached hydrogen (secondary N) is 1. The van der Waals surface area contributed by atoms with Crippen LogP contribution in [0, 0.1) is 0 Å². The van der Waals surface area contributed by atoms with Gasteiger partial charge in [-0.3, -0.25) is 4.79 Å². The zero-order valence-corrected chi connectivity index (χ0v) is 15.6. The summed E-state index contributed by atoms with van der Waals surface area (Å²) < 4.78 is 17.3. The van der Waals surface area contributed by atoms with Crippen LogP contribution in [-0.2, 0) is 19.5 Å². The van der Waals surface area contributed by atoms with Crippen LogP contribution in [0.5, 0.6) is 0 Å². The molecule has 0 bridgehead atoms. The summed E-state index contributed by atoms with van der Waals surface area (Å²) >= 11 is 0. The summed E-state index contributed by atoms with van der Waals surface area (Å²) in [6.45, 7) is 0. The van der Waals surface area contributed by atoms with Crippen molar-refractivity contribution in [3.63, 3.8) is 0 Å². The molecule has 0 saturated carbocycles. The number of hydrogen-bond donors (Lipinski definition) is 4. The van der Waals surface area contributed by atoms with Crippen LogP contribution in [0.1, 0.15) is 24.0 Å². The first-order valence-corrected chi connectivity index (χ1v) is 9.94. The van der Waals surface area contributed by atoms with E-state index in [1.165, 1.54) is 18.2 Å². The minimum absolute atomic E-state index is 0.0794. The second-order valence-corrected chi connectivity index (χ2v) is 8.19. The Morgan fingerprint density at radius 3 is 2.81 bits per heavy atom. The Balaban J connectivity index is 1.82. The fourth-order valence-electron chi connectivity index (χ4n) is 3.08. The summed E-state index contributed by atoms with van der Waals surface area (Å²) in [6, 6.07) is 11.1. The van der Waals surface area contributed by atoms with E-state index in [1.807, 2.05) is 18.2 Å². The van der Waals surface area contributed by atoms with E-state index in [1.54, 1.807) is 25.3 Å². The van der Waals surface area contributed by atoms with Crippen molar-refractivity contribution < 1.29 is 23.9 Å². The molecule has 0 aliphatic heterocycles. The Labute approximate surface area is 157 Å². The standard InChI is InChI=1S/C19H21N2O5P/c1-21-15-8-7-13-4-3-9-19(23,17(13)11-15)12-18(22)26-27(24,25)16-6-2-5-14(20)10-16/h2-8,10-11,21,23H,9,12,20H2,1H3,(H,24,25). The molecule has 2 aromatic rings. The molecule has 2 aromatic carbocycles. The van der Waals surface area contributed by atoms with Crippen LogP contribution in [0.3, 0.4) is 0 Å². The number of nitrogens with two attached hydrogens (primary N) is 1. The Morgan fingerprint density at radius 2 is 2.11 bits per heavy atom. The van der Waals surface area contributed by atoms with Gasteiger partial charge >= 0.3 is 13.6 Å². The number of aliphatic hydroxyl groups is 1. The number of hydrogen-bond acceptors (Lipinski definition) is 6. The van der Waals surface area contributed by atoms with Crippen LogP contribution in [0.15, 0.2) is 48.5 Å². The van der Waals surface area contributed by atoms with Crippen molar-refractivity contribution in [2.45, 2.75) is 18.4 Å². The van der Waals surface area contributed by atoms with Crippen molar-refractivity contribution in [3.8, 4) is 0 Å². The first-order chi connectivity index (χ1) is 12.7. The number of carbonyl (C=O) groups excluding carboxylic acids is 1. The highest BCUT2D eigenvalue weighted by atomic mass is 31.2. The molecule has 0 spiro atoms. The van der Waals surface area contributed by atoms with Crippen LogP contribution < -0.4 is 16.4 Å². The minimum Gasteiger partial charge on any atom is -0.399 e. The fraction of sp³-hybridized carbons (Fsp3) is 0.211. The molecule has 0 fully saturated rings. The predicted octanol–water partition coefficient (Wildman–Crippen LogP) is 2.36. The molecule has 1 aliphatic rings. The van der Waals surface area contributed by atoms with Gasteiger partial charge in [0, 0.05) is 18.4 Å². The number of carbonyl (C=O) groups is 1. The summed E-state index contributed by atoms with van der Waals surface area (Å²) in [4.78, 5) is 22.5. The van der Waals surface area contributed by atoms with Crippen LogP contribution in [0.4, 0.5) is 11.4 Å². The molecule has 27 heavy (non-hydrogen) atoms. The van der Waals surface area contributed by atoms with Crippen molar-refractivity contribution in [1.82, 2.24) is 0 Å². The van der Waals surface area contributed by atoms with E-state index in [2.05, 4.69) is 5.32 Å². The van der Waals surface area contributed by atoms with Gasteiger partial charge in [-0.15, -0.1) is 0 Å². The van der Waals surface area contributed by atoms with Crippen LogP contribution in [0.2, 0.25) is 0 Å². The van der Waals surface area contributed by atoms with E-state index in [0.29, 0.717) is 5.56 Å². The number of nitrogen functional groups attached to an aromatic ring is 1. The Hall–Kier alpha value is -2.60. The molecule has 2 atom stereocenters. The highest BCUT2D eigenvalue weighted by Gasteiger charge is 2.38. The van der Waals surface area contributed by atoms with Gasteiger partial charge in [-0.2, -0.15) is 0 Å². The molecule has 3 rings (SSSR count).